The van der Waals surface area contributed by atoms with Gasteiger partial charge in [0.15, 0.2) is 10.4 Å². The van der Waals surface area contributed by atoms with Crippen molar-refractivity contribution in [1.82, 2.24) is 4.90 Å². The number of halogens is 2. The van der Waals surface area contributed by atoms with E-state index in [0.29, 0.717) is 16.5 Å². The van der Waals surface area contributed by atoms with E-state index < -0.39 is 0 Å². The van der Waals surface area contributed by atoms with Crippen LogP contribution in [-0.4, -0.2) is 28.7 Å². The van der Waals surface area contributed by atoms with Crippen molar-refractivity contribution in [1.29, 1.82) is 0 Å². The molecule has 0 radical (unpaired) electrons. The number of alkyl halides is 1. The van der Waals surface area contributed by atoms with E-state index in [1.165, 1.54) is 6.42 Å². The number of hydrogen-bond donors (Lipinski definition) is 0. The molecule has 5 heteroatoms. The molecular weight excluding hydrogens is 338 g/mol. The number of rotatable bonds is 2. The highest BCUT2D eigenvalue weighted by atomic mass is 79.9. The zero-order valence-electron chi connectivity index (χ0n) is 8.79. The van der Waals surface area contributed by atoms with Crippen LogP contribution in [0.5, 0.6) is 0 Å². The van der Waals surface area contributed by atoms with Gasteiger partial charge in [-0.2, -0.15) is 0 Å². The Hall–Kier alpha value is -0.290. The molecule has 1 aliphatic heterocycles. The highest BCUT2D eigenvalue weighted by Crippen LogP contribution is 2.23. The van der Waals surface area contributed by atoms with Crippen molar-refractivity contribution in [2.24, 2.45) is 0 Å². The van der Waals surface area contributed by atoms with E-state index in [9.17, 15) is 4.79 Å². The van der Waals surface area contributed by atoms with Gasteiger partial charge in [0.2, 0.25) is 0 Å². The van der Waals surface area contributed by atoms with Gasteiger partial charge in [0, 0.05) is 17.9 Å². The van der Waals surface area contributed by atoms with Gasteiger partial charge in [-0.25, -0.2) is 0 Å². The molecule has 0 aliphatic carbocycles. The van der Waals surface area contributed by atoms with Gasteiger partial charge < -0.3 is 9.32 Å². The summed E-state index contributed by atoms with van der Waals surface area (Å²) in [7, 11) is 0. The number of hydrogen-bond acceptors (Lipinski definition) is 2. The van der Waals surface area contributed by atoms with Crippen molar-refractivity contribution in [2.75, 3.05) is 11.9 Å². The first-order valence-corrected chi connectivity index (χ1v) is 7.26. The molecule has 1 unspecified atom stereocenters. The third-order valence-electron chi connectivity index (χ3n) is 2.85. The maximum atomic E-state index is 12.2. The molecule has 1 saturated heterocycles. The summed E-state index contributed by atoms with van der Waals surface area (Å²) in [5.74, 6) is 0.412. The molecule has 88 valence electrons. The summed E-state index contributed by atoms with van der Waals surface area (Å²) in [5, 5.41) is 0.834. The monoisotopic (exact) mass is 349 g/mol. The van der Waals surface area contributed by atoms with Crippen molar-refractivity contribution in [2.45, 2.75) is 25.3 Å². The minimum Gasteiger partial charge on any atom is -0.444 e. The first-order valence-electron chi connectivity index (χ1n) is 5.34. The maximum absolute atomic E-state index is 12.2. The van der Waals surface area contributed by atoms with Gasteiger partial charge >= 0.3 is 0 Å². The van der Waals surface area contributed by atoms with Gasteiger partial charge in [-0.1, -0.05) is 15.9 Å². The fourth-order valence-corrected chi connectivity index (χ4v) is 2.98. The Balaban J connectivity index is 2.13. The topological polar surface area (TPSA) is 33.5 Å². The highest BCUT2D eigenvalue weighted by Gasteiger charge is 2.28. The van der Waals surface area contributed by atoms with Crippen molar-refractivity contribution in [3.63, 3.8) is 0 Å². The van der Waals surface area contributed by atoms with E-state index in [-0.39, 0.29) is 5.91 Å². The number of carbonyl (C=O) groups excluding carboxylic acids is 1. The van der Waals surface area contributed by atoms with Crippen LogP contribution < -0.4 is 0 Å². The van der Waals surface area contributed by atoms with Gasteiger partial charge in [0.1, 0.15) is 0 Å². The van der Waals surface area contributed by atoms with Crippen LogP contribution in [0.25, 0.3) is 0 Å². The fourth-order valence-electron chi connectivity index (χ4n) is 2.00. The number of likely N-dealkylation sites (tertiary alicyclic amines) is 1. The number of amides is 1. The zero-order valence-corrected chi connectivity index (χ0v) is 12.0. The quantitative estimate of drug-likeness (QED) is 0.765. The summed E-state index contributed by atoms with van der Waals surface area (Å²) in [6, 6.07) is 3.76. The summed E-state index contributed by atoms with van der Waals surface area (Å²) >= 11 is 6.67. The predicted molar refractivity (Wildman–Crippen MR) is 68.9 cm³/mol. The highest BCUT2D eigenvalue weighted by molar-refractivity contribution is 9.10. The lowest BCUT2D eigenvalue weighted by atomic mass is 10.0. The molecule has 0 bridgehead atoms. The first kappa shape index (κ1) is 12.2. The molecular formula is C11H13Br2NO2. The maximum Gasteiger partial charge on any atom is 0.289 e. The molecule has 0 aromatic carbocycles. The molecule has 1 aromatic rings. The van der Waals surface area contributed by atoms with E-state index in [1.807, 2.05) is 4.90 Å². The molecule has 1 aromatic heterocycles. The molecule has 0 saturated carbocycles. The zero-order chi connectivity index (χ0) is 11.5. The minimum atomic E-state index is -0.00477. The van der Waals surface area contributed by atoms with E-state index >= 15 is 0 Å². The first-order chi connectivity index (χ1) is 7.72. The summed E-state index contributed by atoms with van der Waals surface area (Å²) in [6.45, 7) is 0.827. The van der Waals surface area contributed by atoms with E-state index in [0.717, 1.165) is 24.7 Å². The van der Waals surface area contributed by atoms with Gasteiger partial charge in [-0.3, -0.25) is 4.79 Å². The molecule has 2 rings (SSSR count). The Morgan fingerprint density at radius 2 is 2.31 bits per heavy atom. The van der Waals surface area contributed by atoms with Crippen LogP contribution in [-0.2, 0) is 0 Å². The Kier molecular flexibility index (Phi) is 4.08. The van der Waals surface area contributed by atoms with Crippen molar-refractivity contribution in [3.05, 3.63) is 22.6 Å². The molecule has 1 amide bonds. The van der Waals surface area contributed by atoms with Crippen molar-refractivity contribution < 1.29 is 9.21 Å². The molecule has 1 atom stereocenters. The number of nitrogens with zero attached hydrogens (tertiary/aromatic N) is 1. The van der Waals surface area contributed by atoms with Crippen molar-refractivity contribution >= 4 is 37.8 Å². The van der Waals surface area contributed by atoms with E-state index in [1.54, 1.807) is 12.1 Å². The third-order valence-corrected chi connectivity index (χ3v) is 4.02. The average molecular weight is 351 g/mol. The predicted octanol–water partition coefficient (Wildman–Crippen LogP) is 3.43. The second-order valence-electron chi connectivity index (χ2n) is 3.91. The Morgan fingerprint density at radius 1 is 1.50 bits per heavy atom. The lowest BCUT2D eigenvalue weighted by molar-refractivity contribution is 0.0608. The van der Waals surface area contributed by atoms with Crippen LogP contribution in [0.4, 0.5) is 0 Å². The molecule has 1 fully saturated rings. The lowest BCUT2D eigenvalue weighted by Gasteiger charge is -2.34. The Labute approximate surface area is 111 Å². The van der Waals surface area contributed by atoms with E-state index in [2.05, 4.69) is 31.9 Å². The Bertz CT molecular complexity index is 378. The summed E-state index contributed by atoms with van der Waals surface area (Å²) in [5.41, 5.74) is 0. The van der Waals surface area contributed by atoms with Crippen LogP contribution in [0.15, 0.2) is 21.2 Å². The Morgan fingerprint density at radius 3 is 2.94 bits per heavy atom. The smallest absolute Gasteiger partial charge is 0.289 e. The van der Waals surface area contributed by atoms with Gasteiger partial charge in [-0.05, 0) is 47.3 Å². The molecule has 3 nitrogen and oxygen atoms in total. The number of piperidine rings is 1. The minimum absolute atomic E-state index is 0.00477. The van der Waals surface area contributed by atoms with E-state index in [4.69, 9.17) is 4.42 Å². The van der Waals surface area contributed by atoms with Crippen LogP contribution in [0.1, 0.15) is 29.8 Å². The summed E-state index contributed by atoms with van der Waals surface area (Å²) in [4.78, 5) is 14.1. The standard InChI is InChI=1S/C11H13Br2NO2/c12-7-8-3-1-2-6-14(8)11(15)9-4-5-10(13)16-9/h4-5,8H,1-3,6-7H2. The summed E-state index contributed by atoms with van der Waals surface area (Å²) < 4.78 is 5.90. The molecule has 1 aliphatic rings. The number of carbonyl (C=O) groups is 1. The molecule has 2 heterocycles. The van der Waals surface area contributed by atoms with Crippen molar-refractivity contribution in [3.8, 4) is 0 Å². The molecule has 0 N–H and O–H groups in total. The summed E-state index contributed by atoms with van der Waals surface area (Å²) in [6.07, 6.45) is 3.35. The van der Waals surface area contributed by atoms with Crippen LogP contribution >= 0.6 is 31.9 Å². The molecule has 16 heavy (non-hydrogen) atoms. The van der Waals surface area contributed by atoms with Crippen LogP contribution in [0, 0.1) is 0 Å². The fraction of sp³-hybridized carbons (Fsp3) is 0.545. The van der Waals surface area contributed by atoms with Crippen LogP contribution in [0.3, 0.4) is 0 Å². The third kappa shape index (κ3) is 2.51. The number of furan rings is 1. The average Bonchev–Trinajstić information content (AvgIpc) is 2.75. The largest absolute Gasteiger partial charge is 0.444 e. The lowest BCUT2D eigenvalue weighted by Crippen LogP contribution is -2.44. The van der Waals surface area contributed by atoms with Crippen LogP contribution in [0.2, 0.25) is 0 Å². The normalized spacial score (nSPS) is 21.1. The van der Waals surface area contributed by atoms with Gasteiger partial charge in [-0.15, -0.1) is 0 Å². The second-order valence-corrected chi connectivity index (χ2v) is 5.34. The second kappa shape index (κ2) is 5.36. The SMILES string of the molecule is O=C(c1ccc(Br)o1)N1CCCCC1CBr. The van der Waals surface area contributed by atoms with Gasteiger partial charge in [0.25, 0.3) is 5.91 Å². The molecule has 0 spiro atoms. The van der Waals surface area contributed by atoms with Gasteiger partial charge in [0.05, 0.1) is 0 Å².